The van der Waals surface area contributed by atoms with Gasteiger partial charge >= 0.3 is 0 Å². The molecular formula is C18H17N3OS. The van der Waals surface area contributed by atoms with Crippen LogP contribution in [0.2, 0.25) is 0 Å². The molecule has 4 rings (SSSR count). The van der Waals surface area contributed by atoms with Gasteiger partial charge in [-0.25, -0.2) is 0 Å². The Morgan fingerprint density at radius 1 is 1.13 bits per heavy atom. The highest BCUT2D eigenvalue weighted by atomic mass is 32.2. The molecule has 0 fully saturated rings. The fourth-order valence-electron chi connectivity index (χ4n) is 2.85. The Morgan fingerprint density at radius 3 is 2.87 bits per heavy atom. The quantitative estimate of drug-likeness (QED) is 0.513. The number of benzene rings is 1. The molecule has 3 aromatic heterocycles. The number of rotatable bonds is 4. The number of hydrogen-bond donors (Lipinski definition) is 0. The summed E-state index contributed by atoms with van der Waals surface area (Å²) in [5.41, 5.74) is 5.59. The molecule has 1 aromatic carbocycles. The van der Waals surface area contributed by atoms with E-state index in [0.717, 1.165) is 39.6 Å². The van der Waals surface area contributed by atoms with Crippen LogP contribution in [-0.4, -0.2) is 14.6 Å². The van der Waals surface area contributed by atoms with Crippen molar-refractivity contribution in [3.8, 4) is 0 Å². The van der Waals surface area contributed by atoms with Crippen molar-refractivity contribution in [2.45, 2.75) is 31.0 Å². The topological polar surface area (TPSA) is 43.3 Å². The predicted octanol–water partition coefficient (Wildman–Crippen LogP) is 4.64. The third kappa shape index (κ3) is 2.51. The van der Waals surface area contributed by atoms with E-state index < -0.39 is 0 Å². The SMILES string of the molecule is CCc1nnc(SCc2cccc(C)c2)c2cc3occc3n12. The van der Waals surface area contributed by atoms with Crippen LogP contribution in [0.25, 0.3) is 16.6 Å². The van der Waals surface area contributed by atoms with E-state index in [2.05, 4.69) is 58.8 Å². The minimum Gasteiger partial charge on any atom is -0.463 e. The summed E-state index contributed by atoms with van der Waals surface area (Å²) in [5, 5.41) is 9.79. The average molecular weight is 323 g/mol. The number of hydrogen-bond acceptors (Lipinski definition) is 4. The standard InChI is InChI=1S/C18H17N3OS/c1-3-17-19-20-18(23-11-13-6-4-5-12(2)9-13)15-10-16-14(21(15)17)7-8-22-16/h4-10H,3,11H2,1-2H3. The van der Waals surface area contributed by atoms with Crippen molar-refractivity contribution in [3.05, 3.63) is 59.6 Å². The molecule has 0 saturated carbocycles. The molecule has 0 spiro atoms. The second kappa shape index (κ2) is 5.74. The van der Waals surface area contributed by atoms with Crippen molar-refractivity contribution in [2.75, 3.05) is 0 Å². The van der Waals surface area contributed by atoms with Crippen molar-refractivity contribution in [2.24, 2.45) is 0 Å². The first kappa shape index (κ1) is 14.3. The maximum absolute atomic E-state index is 5.55. The van der Waals surface area contributed by atoms with Gasteiger partial charge in [0.2, 0.25) is 0 Å². The highest BCUT2D eigenvalue weighted by molar-refractivity contribution is 7.98. The van der Waals surface area contributed by atoms with Crippen molar-refractivity contribution < 1.29 is 4.42 Å². The van der Waals surface area contributed by atoms with E-state index in [1.165, 1.54) is 11.1 Å². The van der Waals surface area contributed by atoms with Gasteiger partial charge in [-0.2, -0.15) is 0 Å². The molecule has 0 aliphatic rings. The van der Waals surface area contributed by atoms with E-state index in [9.17, 15) is 0 Å². The molecule has 0 unspecified atom stereocenters. The van der Waals surface area contributed by atoms with Gasteiger partial charge in [-0.15, -0.1) is 10.2 Å². The lowest BCUT2D eigenvalue weighted by atomic mass is 10.2. The van der Waals surface area contributed by atoms with Crippen LogP contribution >= 0.6 is 11.8 Å². The largest absolute Gasteiger partial charge is 0.463 e. The van der Waals surface area contributed by atoms with Gasteiger partial charge in [0, 0.05) is 24.3 Å². The van der Waals surface area contributed by atoms with Crippen LogP contribution in [0, 0.1) is 6.92 Å². The zero-order valence-corrected chi connectivity index (χ0v) is 13.9. The number of thioether (sulfide) groups is 1. The van der Waals surface area contributed by atoms with Crippen LogP contribution in [0.5, 0.6) is 0 Å². The first-order valence-corrected chi connectivity index (χ1v) is 8.67. The molecule has 4 aromatic rings. The monoisotopic (exact) mass is 323 g/mol. The van der Waals surface area contributed by atoms with Crippen LogP contribution < -0.4 is 0 Å². The lowest BCUT2D eigenvalue weighted by Gasteiger charge is -2.07. The van der Waals surface area contributed by atoms with Crippen molar-refractivity contribution >= 4 is 28.4 Å². The Bertz CT molecular complexity index is 986. The molecule has 0 bridgehead atoms. The molecule has 3 heterocycles. The molecule has 5 heteroatoms. The van der Waals surface area contributed by atoms with Gasteiger partial charge in [0.25, 0.3) is 0 Å². The molecule has 4 nitrogen and oxygen atoms in total. The number of furan rings is 1. The minimum absolute atomic E-state index is 0.835. The van der Waals surface area contributed by atoms with Gasteiger partial charge in [-0.05, 0) is 12.5 Å². The molecule has 23 heavy (non-hydrogen) atoms. The normalized spacial score (nSPS) is 11.6. The van der Waals surface area contributed by atoms with Gasteiger partial charge in [0.15, 0.2) is 5.58 Å². The van der Waals surface area contributed by atoms with E-state index >= 15 is 0 Å². The van der Waals surface area contributed by atoms with E-state index in [1.54, 1.807) is 18.0 Å². The lowest BCUT2D eigenvalue weighted by molar-refractivity contribution is 0.616. The summed E-state index contributed by atoms with van der Waals surface area (Å²) in [6, 6.07) is 12.6. The number of fused-ring (bicyclic) bond motifs is 3. The third-order valence-electron chi connectivity index (χ3n) is 3.93. The Balaban J connectivity index is 1.75. The Labute approximate surface area is 138 Å². The summed E-state index contributed by atoms with van der Waals surface area (Å²) in [7, 11) is 0. The summed E-state index contributed by atoms with van der Waals surface area (Å²) >= 11 is 1.71. The third-order valence-corrected chi connectivity index (χ3v) is 4.97. The van der Waals surface area contributed by atoms with Gasteiger partial charge in [0.05, 0.1) is 17.3 Å². The molecule has 116 valence electrons. The average Bonchev–Trinajstić information content (AvgIpc) is 3.14. The predicted molar refractivity (Wildman–Crippen MR) is 92.9 cm³/mol. The van der Waals surface area contributed by atoms with E-state index in [4.69, 9.17) is 4.42 Å². The lowest BCUT2D eigenvalue weighted by Crippen LogP contribution is -2.03. The summed E-state index contributed by atoms with van der Waals surface area (Å²) in [4.78, 5) is 0. The first-order valence-electron chi connectivity index (χ1n) is 7.69. The highest BCUT2D eigenvalue weighted by Crippen LogP contribution is 2.30. The molecule has 0 amide bonds. The van der Waals surface area contributed by atoms with Crippen LogP contribution in [0.3, 0.4) is 0 Å². The maximum Gasteiger partial charge on any atom is 0.152 e. The van der Waals surface area contributed by atoms with Crippen LogP contribution in [0.15, 0.2) is 52.1 Å². The molecule has 0 aliphatic heterocycles. The number of nitrogens with zero attached hydrogens (tertiary/aromatic N) is 3. The zero-order valence-electron chi connectivity index (χ0n) is 13.1. The maximum atomic E-state index is 5.55. The molecular weight excluding hydrogens is 306 g/mol. The highest BCUT2D eigenvalue weighted by Gasteiger charge is 2.14. The van der Waals surface area contributed by atoms with Crippen molar-refractivity contribution in [1.82, 2.24) is 14.6 Å². The number of aryl methyl sites for hydroxylation is 2. The van der Waals surface area contributed by atoms with E-state index in [1.807, 2.05) is 6.07 Å². The molecule has 0 N–H and O–H groups in total. The van der Waals surface area contributed by atoms with Crippen molar-refractivity contribution in [1.29, 1.82) is 0 Å². The van der Waals surface area contributed by atoms with Gasteiger partial charge in [-0.3, -0.25) is 4.40 Å². The summed E-state index contributed by atoms with van der Waals surface area (Å²) in [5.74, 6) is 1.83. The van der Waals surface area contributed by atoms with Crippen LogP contribution in [-0.2, 0) is 12.2 Å². The summed E-state index contributed by atoms with van der Waals surface area (Å²) in [6.07, 6.45) is 2.55. The van der Waals surface area contributed by atoms with Gasteiger partial charge < -0.3 is 4.42 Å². The van der Waals surface area contributed by atoms with Crippen LogP contribution in [0.4, 0.5) is 0 Å². The summed E-state index contributed by atoms with van der Waals surface area (Å²) < 4.78 is 7.71. The van der Waals surface area contributed by atoms with Crippen molar-refractivity contribution in [3.63, 3.8) is 0 Å². The number of aromatic nitrogens is 3. The smallest absolute Gasteiger partial charge is 0.152 e. The molecule has 0 atom stereocenters. The molecule has 0 radical (unpaired) electrons. The zero-order chi connectivity index (χ0) is 15.8. The Hall–Kier alpha value is -2.27. The van der Waals surface area contributed by atoms with E-state index in [0.29, 0.717) is 0 Å². The van der Waals surface area contributed by atoms with Gasteiger partial charge in [-0.1, -0.05) is 48.5 Å². The molecule has 0 saturated heterocycles. The fourth-order valence-corrected chi connectivity index (χ4v) is 3.72. The second-order valence-electron chi connectivity index (χ2n) is 5.59. The van der Waals surface area contributed by atoms with Crippen LogP contribution in [0.1, 0.15) is 23.9 Å². The second-order valence-corrected chi connectivity index (χ2v) is 6.55. The summed E-state index contributed by atoms with van der Waals surface area (Å²) in [6.45, 7) is 4.21. The minimum atomic E-state index is 0.835. The first-order chi connectivity index (χ1) is 11.3. The Morgan fingerprint density at radius 2 is 2.04 bits per heavy atom. The fraction of sp³-hybridized carbons (Fsp3) is 0.222. The van der Waals surface area contributed by atoms with E-state index in [-0.39, 0.29) is 0 Å². The van der Waals surface area contributed by atoms with Gasteiger partial charge in [0.1, 0.15) is 10.9 Å². The Kier molecular flexibility index (Phi) is 3.58. The molecule has 0 aliphatic carbocycles.